The van der Waals surface area contributed by atoms with Gasteiger partial charge in [-0.2, -0.15) is 8.78 Å². The van der Waals surface area contributed by atoms with Gasteiger partial charge in [0.2, 0.25) is 0 Å². The lowest BCUT2D eigenvalue weighted by Gasteiger charge is -2.36. The zero-order valence-corrected chi connectivity index (χ0v) is 11.8. The van der Waals surface area contributed by atoms with Crippen LogP contribution in [-0.2, 0) is 0 Å². The van der Waals surface area contributed by atoms with Gasteiger partial charge in [0.15, 0.2) is 0 Å². The quantitative estimate of drug-likeness (QED) is 0.681. The molecule has 1 aliphatic heterocycles. The van der Waals surface area contributed by atoms with Crippen LogP contribution in [0.1, 0.15) is 10.4 Å². The lowest BCUT2D eigenvalue weighted by Crippen LogP contribution is -2.52. The van der Waals surface area contributed by atoms with Crippen molar-refractivity contribution in [1.82, 2.24) is 9.80 Å². The summed E-state index contributed by atoms with van der Waals surface area (Å²) in [5, 5.41) is 0. The summed E-state index contributed by atoms with van der Waals surface area (Å²) in [6.07, 6.45) is -3.68. The van der Waals surface area contributed by atoms with Crippen LogP contribution in [0.5, 0.6) is 0 Å². The number of amides is 1. The fraction of sp³-hybridized carbons (Fsp3) is 0.500. The molecule has 2 N–H and O–H groups in total. The summed E-state index contributed by atoms with van der Waals surface area (Å²) in [6, 6.07) is 6.58. The second kappa shape index (κ2) is 6.51. The number of nitrogen functional groups attached to an aromatic ring is 1. The highest BCUT2D eigenvalue weighted by molar-refractivity contribution is 5.99. The zero-order chi connectivity index (χ0) is 16.3. The number of para-hydroxylation sites is 1. The van der Waals surface area contributed by atoms with Crippen molar-refractivity contribution in [3.8, 4) is 0 Å². The van der Waals surface area contributed by atoms with E-state index < -0.39 is 18.9 Å². The molecule has 22 heavy (non-hydrogen) atoms. The van der Waals surface area contributed by atoms with Gasteiger partial charge < -0.3 is 10.6 Å². The number of rotatable bonds is 4. The minimum absolute atomic E-state index is 0.126. The molecule has 1 amide bonds. The molecule has 1 fully saturated rings. The van der Waals surface area contributed by atoms with Gasteiger partial charge in [0, 0.05) is 31.9 Å². The van der Waals surface area contributed by atoms with Crippen molar-refractivity contribution in [3.05, 3.63) is 29.8 Å². The summed E-state index contributed by atoms with van der Waals surface area (Å²) in [5.41, 5.74) is 6.43. The van der Waals surface area contributed by atoms with Crippen LogP contribution in [0.3, 0.4) is 0 Å². The van der Waals surface area contributed by atoms with E-state index in [1.165, 1.54) is 9.80 Å². The molecule has 1 heterocycles. The van der Waals surface area contributed by atoms with Gasteiger partial charge in [-0.1, -0.05) is 12.1 Å². The van der Waals surface area contributed by atoms with Gasteiger partial charge in [0.05, 0.1) is 12.1 Å². The van der Waals surface area contributed by atoms with Crippen LogP contribution in [-0.4, -0.2) is 60.8 Å². The van der Waals surface area contributed by atoms with Crippen LogP contribution >= 0.6 is 0 Å². The maximum Gasteiger partial charge on any atom is 0.319 e. The first-order valence-corrected chi connectivity index (χ1v) is 6.83. The molecule has 0 saturated carbocycles. The predicted octanol–water partition coefficient (Wildman–Crippen LogP) is 1.93. The van der Waals surface area contributed by atoms with Crippen LogP contribution in [0.15, 0.2) is 24.3 Å². The highest BCUT2D eigenvalue weighted by Crippen LogP contribution is 2.24. The molecular formula is C14H17F4N3O. The monoisotopic (exact) mass is 319 g/mol. The van der Waals surface area contributed by atoms with Crippen LogP contribution < -0.4 is 5.73 Å². The first kappa shape index (κ1) is 16.5. The fourth-order valence-corrected chi connectivity index (χ4v) is 2.34. The molecule has 4 nitrogen and oxygen atoms in total. The SMILES string of the molecule is Nc1ccccc1C(=O)N1CCN(CC(F)(F)C(F)F)CC1. The average molecular weight is 319 g/mol. The number of hydrogen-bond acceptors (Lipinski definition) is 3. The molecular weight excluding hydrogens is 302 g/mol. The van der Waals surface area contributed by atoms with E-state index in [-0.39, 0.29) is 32.1 Å². The summed E-state index contributed by atoms with van der Waals surface area (Å²) in [6.45, 7) is -0.347. The number of nitrogens with zero attached hydrogens (tertiary/aromatic N) is 2. The number of carbonyl (C=O) groups is 1. The van der Waals surface area contributed by atoms with Crippen molar-refractivity contribution >= 4 is 11.6 Å². The molecule has 0 aliphatic carbocycles. The molecule has 0 unspecified atom stereocenters. The van der Waals surface area contributed by atoms with E-state index in [1.54, 1.807) is 24.3 Å². The Bertz CT molecular complexity index is 531. The molecule has 1 saturated heterocycles. The summed E-state index contributed by atoms with van der Waals surface area (Å²) >= 11 is 0. The Hall–Kier alpha value is -1.83. The first-order chi connectivity index (χ1) is 10.3. The normalized spacial score (nSPS) is 17.0. The highest BCUT2D eigenvalue weighted by atomic mass is 19.3. The van der Waals surface area contributed by atoms with Crippen molar-refractivity contribution in [2.24, 2.45) is 0 Å². The minimum Gasteiger partial charge on any atom is -0.398 e. The third-order valence-corrected chi connectivity index (χ3v) is 3.60. The Balaban J connectivity index is 1.93. The van der Waals surface area contributed by atoms with E-state index in [4.69, 9.17) is 5.73 Å². The first-order valence-electron chi connectivity index (χ1n) is 6.83. The third kappa shape index (κ3) is 3.68. The van der Waals surface area contributed by atoms with Crippen LogP contribution in [0.25, 0.3) is 0 Å². The van der Waals surface area contributed by atoms with E-state index in [2.05, 4.69) is 0 Å². The van der Waals surface area contributed by atoms with E-state index in [0.717, 1.165) is 0 Å². The van der Waals surface area contributed by atoms with Crippen molar-refractivity contribution in [2.75, 3.05) is 38.5 Å². The summed E-state index contributed by atoms with van der Waals surface area (Å²) in [4.78, 5) is 15.0. The van der Waals surface area contributed by atoms with Gasteiger partial charge in [-0.3, -0.25) is 9.69 Å². The van der Waals surface area contributed by atoms with Gasteiger partial charge in [-0.05, 0) is 12.1 Å². The van der Waals surface area contributed by atoms with E-state index in [0.29, 0.717) is 11.3 Å². The average Bonchev–Trinajstić information content (AvgIpc) is 2.47. The lowest BCUT2D eigenvalue weighted by molar-refractivity contribution is -0.144. The smallest absolute Gasteiger partial charge is 0.319 e. The third-order valence-electron chi connectivity index (χ3n) is 3.60. The predicted molar refractivity (Wildman–Crippen MR) is 74.1 cm³/mol. The summed E-state index contributed by atoms with van der Waals surface area (Å²) < 4.78 is 50.4. The standard InChI is InChI=1S/C14H17F4N3O/c15-13(16)14(17,18)9-20-5-7-21(8-6-20)12(22)10-3-1-2-4-11(10)19/h1-4,13H,5-9,19H2. The molecule has 0 atom stereocenters. The van der Waals surface area contributed by atoms with Gasteiger partial charge in [-0.25, -0.2) is 8.78 Å². The van der Waals surface area contributed by atoms with Crippen LogP contribution in [0.4, 0.5) is 23.2 Å². The van der Waals surface area contributed by atoms with E-state index >= 15 is 0 Å². The van der Waals surface area contributed by atoms with Crippen LogP contribution in [0.2, 0.25) is 0 Å². The molecule has 1 aliphatic rings. The van der Waals surface area contributed by atoms with Crippen LogP contribution in [0, 0.1) is 0 Å². The van der Waals surface area contributed by atoms with Crippen molar-refractivity contribution in [2.45, 2.75) is 12.3 Å². The second-order valence-electron chi connectivity index (χ2n) is 5.22. The highest BCUT2D eigenvalue weighted by Gasteiger charge is 2.42. The van der Waals surface area contributed by atoms with E-state index in [9.17, 15) is 22.4 Å². The van der Waals surface area contributed by atoms with Gasteiger partial charge >= 0.3 is 12.3 Å². The number of anilines is 1. The number of alkyl halides is 4. The maximum absolute atomic E-state index is 13.0. The number of carbonyl (C=O) groups excluding carboxylic acids is 1. The largest absolute Gasteiger partial charge is 0.398 e. The molecule has 0 bridgehead atoms. The molecule has 1 aromatic rings. The Morgan fingerprint density at radius 2 is 1.77 bits per heavy atom. The van der Waals surface area contributed by atoms with Crippen molar-refractivity contribution in [3.63, 3.8) is 0 Å². The molecule has 0 radical (unpaired) electrons. The zero-order valence-electron chi connectivity index (χ0n) is 11.8. The Kier molecular flexibility index (Phi) is 4.90. The number of nitrogens with two attached hydrogens (primary N) is 1. The molecule has 8 heteroatoms. The van der Waals surface area contributed by atoms with Gasteiger partial charge in [0.1, 0.15) is 0 Å². The second-order valence-corrected chi connectivity index (χ2v) is 5.22. The number of halogens is 4. The minimum atomic E-state index is -4.03. The topological polar surface area (TPSA) is 49.6 Å². The summed E-state index contributed by atoms with van der Waals surface area (Å²) in [7, 11) is 0. The number of benzene rings is 1. The van der Waals surface area contributed by atoms with E-state index in [1.807, 2.05) is 0 Å². The molecule has 0 aromatic heterocycles. The van der Waals surface area contributed by atoms with Crippen molar-refractivity contribution in [1.29, 1.82) is 0 Å². The molecule has 0 spiro atoms. The van der Waals surface area contributed by atoms with Crippen molar-refractivity contribution < 1.29 is 22.4 Å². The Morgan fingerprint density at radius 1 is 1.18 bits per heavy atom. The van der Waals surface area contributed by atoms with Gasteiger partial charge in [-0.15, -0.1) is 0 Å². The molecule has 2 rings (SSSR count). The molecule has 122 valence electrons. The fourth-order valence-electron chi connectivity index (χ4n) is 2.34. The number of hydrogen-bond donors (Lipinski definition) is 1. The Labute approximate surface area is 125 Å². The van der Waals surface area contributed by atoms with Gasteiger partial charge in [0.25, 0.3) is 5.91 Å². The molecule has 1 aromatic carbocycles. The number of piperazine rings is 1. The summed E-state index contributed by atoms with van der Waals surface area (Å²) in [5.74, 6) is -4.31. The maximum atomic E-state index is 13.0. The Morgan fingerprint density at radius 3 is 2.32 bits per heavy atom. The lowest BCUT2D eigenvalue weighted by atomic mass is 10.1.